The molecule has 0 bridgehead atoms. The average Bonchev–Trinajstić information content (AvgIpc) is 2.45. The Morgan fingerprint density at radius 3 is 2.27 bits per heavy atom. The van der Waals surface area contributed by atoms with Crippen molar-refractivity contribution >= 4 is 17.9 Å². The standard InChI is InChI=1S/C15H27N3O4/c1-5-22-15(21)18-8-6-12(7-9-18)17-14(20)13(10(2)3)16-11(4)19/h10,12-13H,5-9H2,1-4H3,(H,16,19)(H,17,20). The van der Waals surface area contributed by atoms with Crippen LogP contribution in [0, 0.1) is 5.92 Å². The quantitative estimate of drug-likeness (QED) is 0.789. The molecule has 1 rings (SSSR count). The van der Waals surface area contributed by atoms with Crippen molar-refractivity contribution in [1.29, 1.82) is 0 Å². The van der Waals surface area contributed by atoms with Gasteiger partial charge in [-0.3, -0.25) is 9.59 Å². The minimum absolute atomic E-state index is 0.0171. The van der Waals surface area contributed by atoms with E-state index in [1.807, 2.05) is 13.8 Å². The van der Waals surface area contributed by atoms with Crippen LogP contribution in [-0.4, -0.2) is 54.6 Å². The fourth-order valence-corrected chi connectivity index (χ4v) is 2.47. The van der Waals surface area contributed by atoms with Crippen molar-refractivity contribution in [3.63, 3.8) is 0 Å². The number of amides is 3. The van der Waals surface area contributed by atoms with Gasteiger partial charge in [0.1, 0.15) is 6.04 Å². The molecule has 1 unspecified atom stereocenters. The van der Waals surface area contributed by atoms with Crippen LogP contribution in [0.1, 0.15) is 40.5 Å². The Bertz CT molecular complexity index is 404. The predicted octanol–water partition coefficient (Wildman–Crippen LogP) is 0.884. The molecule has 0 aliphatic carbocycles. The van der Waals surface area contributed by atoms with Gasteiger partial charge in [0.15, 0.2) is 0 Å². The van der Waals surface area contributed by atoms with Crippen LogP contribution in [0.4, 0.5) is 4.79 Å². The Labute approximate surface area is 131 Å². The summed E-state index contributed by atoms with van der Waals surface area (Å²) < 4.78 is 4.96. The lowest BCUT2D eigenvalue weighted by atomic mass is 10.0. The summed E-state index contributed by atoms with van der Waals surface area (Å²) in [5.74, 6) is -0.366. The molecule has 0 saturated carbocycles. The van der Waals surface area contributed by atoms with Crippen LogP contribution in [0.15, 0.2) is 0 Å². The molecule has 1 fully saturated rings. The first-order valence-electron chi connectivity index (χ1n) is 7.84. The van der Waals surface area contributed by atoms with Crippen molar-refractivity contribution in [3.8, 4) is 0 Å². The Morgan fingerprint density at radius 2 is 1.82 bits per heavy atom. The highest BCUT2D eigenvalue weighted by molar-refractivity contribution is 5.87. The second-order valence-electron chi connectivity index (χ2n) is 5.89. The number of likely N-dealkylation sites (tertiary alicyclic amines) is 1. The number of rotatable bonds is 5. The van der Waals surface area contributed by atoms with E-state index in [4.69, 9.17) is 4.74 Å². The van der Waals surface area contributed by atoms with Crippen molar-refractivity contribution in [3.05, 3.63) is 0 Å². The molecule has 7 nitrogen and oxygen atoms in total. The van der Waals surface area contributed by atoms with Crippen molar-refractivity contribution in [2.45, 2.75) is 52.6 Å². The van der Waals surface area contributed by atoms with Gasteiger partial charge in [0.2, 0.25) is 11.8 Å². The van der Waals surface area contributed by atoms with Gasteiger partial charge in [-0.15, -0.1) is 0 Å². The van der Waals surface area contributed by atoms with Gasteiger partial charge in [0, 0.05) is 26.1 Å². The van der Waals surface area contributed by atoms with Crippen LogP contribution in [0.2, 0.25) is 0 Å². The number of hydrogen-bond acceptors (Lipinski definition) is 4. The first-order chi connectivity index (χ1) is 10.3. The molecule has 1 atom stereocenters. The highest BCUT2D eigenvalue weighted by atomic mass is 16.6. The van der Waals surface area contributed by atoms with Crippen molar-refractivity contribution in [2.24, 2.45) is 5.92 Å². The van der Waals surface area contributed by atoms with E-state index in [-0.39, 0.29) is 29.9 Å². The lowest BCUT2D eigenvalue weighted by Gasteiger charge is -2.32. The van der Waals surface area contributed by atoms with Crippen LogP contribution in [0.3, 0.4) is 0 Å². The van der Waals surface area contributed by atoms with Crippen molar-refractivity contribution < 1.29 is 19.1 Å². The van der Waals surface area contributed by atoms with Gasteiger partial charge >= 0.3 is 6.09 Å². The van der Waals surface area contributed by atoms with Crippen LogP contribution in [0.25, 0.3) is 0 Å². The van der Waals surface area contributed by atoms with E-state index in [9.17, 15) is 14.4 Å². The van der Waals surface area contributed by atoms with E-state index in [2.05, 4.69) is 10.6 Å². The molecule has 0 radical (unpaired) electrons. The van der Waals surface area contributed by atoms with Crippen LogP contribution in [-0.2, 0) is 14.3 Å². The lowest BCUT2D eigenvalue weighted by Crippen LogP contribution is -2.54. The normalized spacial score (nSPS) is 17.0. The summed E-state index contributed by atoms with van der Waals surface area (Å²) in [6, 6.07) is -0.506. The number of ether oxygens (including phenoxy) is 1. The number of nitrogens with one attached hydrogen (secondary N) is 2. The zero-order valence-electron chi connectivity index (χ0n) is 13.8. The van der Waals surface area contributed by atoms with E-state index in [1.54, 1.807) is 11.8 Å². The van der Waals surface area contributed by atoms with Gasteiger partial charge in [-0.1, -0.05) is 13.8 Å². The third-order valence-electron chi connectivity index (χ3n) is 3.68. The average molecular weight is 313 g/mol. The molecule has 1 aliphatic heterocycles. The summed E-state index contributed by atoms with van der Waals surface area (Å²) in [4.78, 5) is 36.7. The number of carbonyl (C=O) groups is 3. The minimum atomic E-state index is -0.527. The highest BCUT2D eigenvalue weighted by Gasteiger charge is 2.28. The number of nitrogens with zero attached hydrogens (tertiary/aromatic N) is 1. The smallest absolute Gasteiger partial charge is 0.409 e. The summed E-state index contributed by atoms with van der Waals surface area (Å²) in [6.45, 7) is 8.46. The van der Waals surface area contributed by atoms with Crippen LogP contribution >= 0.6 is 0 Å². The third kappa shape index (κ3) is 5.54. The van der Waals surface area contributed by atoms with Gasteiger partial charge in [-0.05, 0) is 25.7 Å². The van der Waals surface area contributed by atoms with E-state index < -0.39 is 6.04 Å². The molecule has 0 spiro atoms. The van der Waals surface area contributed by atoms with Crippen molar-refractivity contribution in [2.75, 3.05) is 19.7 Å². The van der Waals surface area contributed by atoms with Crippen molar-refractivity contribution in [1.82, 2.24) is 15.5 Å². The summed E-state index contributed by atoms with van der Waals surface area (Å²) in [5.41, 5.74) is 0. The number of hydrogen-bond donors (Lipinski definition) is 2. The molecule has 1 saturated heterocycles. The SMILES string of the molecule is CCOC(=O)N1CCC(NC(=O)C(NC(C)=O)C(C)C)CC1. The maximum Gasteiger partial charge on any atom is 0.409 e. The Balaban J connectivity index is 2.46. The fourth-order valence-electron chi connectivity index (χ4n) is 2.47. The molecule has 7 heteroatoms. The van der Waals surface area contributed by atoms with Crippen LogP contribution < -0.4 is 10.6 Å². The Morgan fingerprint density at radius 1 is 1.23 bits per heavy atom. The maximum absolute atomic E-state index is 12.3. The van der Waals surface area contributed by atoms with Gasteiger partial charge < -0.3 is 20.3 Å². The molecule has 1 aliphatic rings. The first-order valence-corrected chi connectivity index (χ1v) is 7.84. The predicted molar refractivity (Wildman–Crippen MR) is 82.2 cm³/mol. The zero-order chi connectivity index (χ0) is 16.7. The molecular weight excluding hydrogens is 286 g/mol. The largest absolute Gasteiger partial charge is 0.450 e. The summed E-state index contributed by atoms with van der Waals surface area (Å²) in [5, 5.41) is 5.64. The number of piperidine rings is 1. The second kappa shape index (κ2) is 8.60. The molecule has 22 heavy (non-hydrogen) atoms. The lowest BCUT2D eigenvalue weighted by molar-refractivity contribution is -0.129. The fraction of sp³-hybridized carbons (Fsp3) is 0.800. The Kier molecular flexibility index (Phi) is 7.14. The second-order valence-corrected chi connectivity index (χ2v) is 5.89. The van der Waals surface area contributed by atoms with Crippen LogP contribution in [0.5, 0.6) is 0 Å². The molecule has 0 aromatic rings. The van der Waals surface area contributed by atoms with Gasteiger partial charge in [0.25, 0.3) is 0 Å². The number of carbonyl (C=O) groups excluding carboxylic acids is 3. The summed E-state index contributed by atoms with van der Waals surface area (Å²) in [7, 11) is 0. The molecule has 126 valence electrons. The van der Waals surface area contributed by atoms with E-state index in [0.717, 1.165) is 0 Å². The summed E-state index contributed by atoms with van der Waals surface area (Å²) in [6.07, 6.45) is 1.08. The van der Waals surface area contributed by atoms with Gasteiger partial charge in [0.05, 0.1) is 6.61 Å². The topological polar surface area (TPSA) is 87.7 Å². The molecule has 3 amide bonds. The monoisotopic (exact) mass is 313 g/mol. The third-order valence-corrected chi connectivity index (χ3v) is 3.68. The molecular formula is C15H27N3O4. The Hall–Kier alpha value is -1.79. The molecule has 0 aromatic carbocycles. The molecule has 0 aromatic heterocycles. The highest BCUT2D eigenvalue weighted by Crippen LogP contribution is 2.12. The first kappa shape index (κ1) is 18.3. The van der Waals surface area contributed by atoms with Gasteiger partial charge in [-0.2, -0.15) is 0 Å². The maximum atomic E-state index is 12.3. The molecule has 1 heterocycles. The van der Waals surface area contributed by atoms with E-state index in [1.165, 1.54) is 6.92 Å². The summed E-state index contributed by atoms with van der Waals surface area (Å²) >= 11 is 0. The van der Waals surface area contributed by atoms with E-state index >= 15 is 0 Å². The zero-order valence-corrected chi connectivity index (χ0v) is 13.8. The van der Waals surface area contributed by atoms with E-state index in [0.29, 0.717) is 32.5 Å². The minimum Gasteiger partial charge on any atom is -0.450 e. The molecule has 2 N–H and O–H groups in total. The van der Waals surface area contributed by atoms with Gasteiger partial charge in [-0.25, -0.2) is 4.79 Å².